The van der Waals surface area contributed by atoms with Crippen LogP contribution in [0.4, 0.5) is 0 Å². The number of rotatable bonds is 5. The molecule has 0 aliphatic heterocycles. The highest BCUT2D eigenvalue weighted by atomic mass is 79.9. The van der Waals surface area contributed by atoms with E-state index in [4.69, 9.17) is 14.2 Å². The van der Waals surface area contributed by atoms with Crippen molar-refractivity contribution in [2.75, 3.05) is 13.7 Å². The second kappa shape index (κ2) is 7.31. The Balaban J connectivity index is 2.26. The van der Waals surface area contributed by atoms with E-state index in [1.54, 1.807) is 24.3 Å². The summed E-state index contributed by atoms with van der Waals surface area (Å²) in [6.45, 7) is 4.35. The second-order valence-electron chi connectivity index (χ2n) is 4.63. The van der Waals surface area contributed by atoms with E-state index in [1.807, 2.05) is 26.0 Å². The van der Waals surface area contributed by atoms with Crippen LogP contribution in [0.2, 0.25) is 0 Å². The zero-order chi connectivity index (χ0) is 16.1. The second-order valence-corrected chi connectivity index (χ2v) is 5.48. The molecule has 0 heterocycles. The van der Waals surface area contributed by atoms with Crippen LogP contribution in [0.25, 0.3) is 0 Å². The predicted molar refractivity (Wildman–Crippen MR) is 88.0 cm³/mol. The molecule has 2 rings (SSSR count). The van der Waals surface area contributed by atoms with Crippen molar-refractivity contribution < 1.29 is 19.0 Å². The van der Waals surface area contributed by atoms with Crippen LogP contribution in [0, 0.1) is 6.92 Å². The molecule has 2 aromatic rings. The average Bonchev–Trinajstić information content (AvgIpc) is 2.51. The first-order valence-corrected chi connectivity index (χ1v) is 7.63. The van der Waals surface area contributed by atoms with Crippen molar-refractivity contribution in [3.05, 3.63) is 52.0 Å². The normalized spacial score (nSPS) is 10.2. The van der Waals surface area contributed by atoms with Crippen LogP contribution in [-0.2, 0) is 0 Å². The molecule has 2 aromatic carbocycles. The quantitative estimate of drug-likeness (QED) is 0.583. The fourth-order valence-corrected chi connectivity index (χ4v) is 2.45. The SMILES string of the molecule is CCOc1c(Br)cc(C(=O)Oc2ccc(C)cc2)cc1OC. The molecule has 0 N–H and O–H groups in total. The molecular formula is C17H17BrO4. The van der Waals surface area contributed by atoms with Gasteiger partial charge in [-0.3, -0.25) is 0 Å². The summed E-state index contributed by atoms with van der Waals surface area (Å²) in [5.41, 5.74) is 1.48. The Kier molecular flexibility index (Phi) is 5.44. The van der Waals surface area contributed by atoms with E-state index in [0.29, 0.717) is 33.9 Å². The van der Waals surface area contributed by atoms with E-state index in [1.165, 1.54) is 7.11 Å². The highest BCUT2D eigenvalue weighted by Crippen LogP contribution is 2.36. The fraction of sp³-hybridized carbons (Fsp3) is 0.235. The van der Waals surface area contributed by atoms with E-state index >= 15 is 0 Å². The minimum absolute atomic E-state index is 0.382. The lowest BCUT2D eigenvalue weighted by atomic mass is 10.2. The summed E-state index contributed by atoms with van der Waals surface area (Å²) in [5.74, 6) is 1.09. The van der Waals surface area contributed by atoms with Gasteiger partial charge >= 0.3 is 5.97 Å². The van der Waals surface area contributed by atoms with Crippen molar-refractivity contribution in [3.63, 3.8) is 0 Å². The van der Waals surface area contributed by atoms with E-state index < -0.39 is 5.97 Å². The van der Waals surface area contributed by atoms with E-state index in [0.717, 1.165) is 5.56 Å². The molecule has 22 heavy (non-hydrogen) atoms. The van der Waals surface area contributed by atoms with Gasteiger partial charge in [-0.25, -0.2) is 4.79 Å². The van der Waals surface area contributed by atoms with Gasteiger partial charge in [-0.15, -0.1) is 0 Å². The van der Waals surface area contributed by atoms with Gasteiger partial charge < -0.3 is 14.2 Å². The van der Waals surface area contributed by atoms with Crippen molar-refractivity contribution >= 4 is 21.9 Å². The first-order chi connectivity index (χ1) is 10.5. The lowest BCUT2D eigenvalue weighted by Crippen LogP contribution is -2.09. The number of methoxy groups -OCH3 is 1. The molecule has 0 unspecified atom stereocenters. The molecule has 0 aliphatic carbocycles. The van der Waals surface area contributed by atoms with Gasteiger partial charge in [-0.1, -0.05) is 17.7 Å². The number of halogens is 1. The van der Waals surface area contributed by atoms with Crippen molar-refractivity contribution in [1.29, 1.82) is 0 Å². The Labute approximate surface area is 138 Å². The Bertz CT molecular complexity index is 665. The first-order valence-electron chi connectivity index (χ1n) is 6.84. The zero-order valence-corrected chi connectivity index (χ0v) is 14.3. The largest absolute Gasteiger partial charge is 0.493 e. The molecule has 0 aromatic heterocycles. The third kappa shape index (κ3) is 3.80. The number of ether oxygens (including phenoxy) is 3. The van der Waals surface area contributed by atoms with Gasteiger partial charge in [0.15, 0.2) is 11.5 Å². The predicted octanol–water partition coefficient (Wildman–Crippen LogP) is 4.38. The summed E-state index contributed by atoms with van der Waals surface area (Å²) >= 11 is 3.39. The number of hydrogen-bond donors (Lipinski definition) is 0. The smallest absolute Gasteiger partial charge is 0.343 e. The van der Waals surface area contributed by atoms with Crippen LogP contribution in [-0.4, -0.2) is 19.7 Å². The Hall–Kier alpha value is -2.01. The van der Waals surface area contributed by atoms with E-state index in [9.17, 15) is 4.79 Å². The van der Waals surface area contributed by atoms with Crippen molar-refractivity contribution in [3.8, 4) is 17.2 Å². The molecule has 0 saturated carbocycles. The van der Waals surface area contributed by atoms with Crippen LogP contribution in [0.5, 0.6) is 17.2 Å². The molecule has 0 fully saturated rings. The van der Waals surface area contributed by atoms with Crippen molar-refractivity contribution in [2.45, 2.75) is 13.8 Å². The van der Waals surface area contributed by atoms with Gasteiger partial charge in [0.2, 0.25) is 0 Å². The number of esters is 1. The summed E-state index contributed by atoms with van der Waals surface area (Å²) in [5, 5.41) is 0. The maximum atomic E-state index is 12.2. The number of hydrogen-bond acceptors (Lipinski definition) is 4. The molecule has 5 heteroatoms. The standard InChI is InChI=1S/C17H17BrO4/c1-4-21-16-14(18)9-12(10-15(16)20-3)17(19)22-13-7-5-11(2)6-8-13/h5-10H,4H2,1-3H3. The minimum atomic E-state index is -0.453. The van der Waals surface area contributed by atoms with Gasteiger partial charge in [-0.2, -0.15) is 0 Å². The fourth-order valence-electron chi connectivity index (χ4n) is 1.89. The molecule has 4 nitrogen and oxygen atoms in total. The van der Waals surface area contributed by atoms with E-state index in [-0.39, 0.29) is 0 Å². The van der Waals surface area contributed by atoms with Crippen molar-refractivity contribution in [2.24, 2.45) is 0 Å². The summed E-state index contributed by atoms with van der Waals surface area (Å²) in [6, 6.07) is 10.5. The molecule has 0 amide bonds. The zero-order valence-electron chi connectivity index (χ0n) is 12.7. The molecule has 0 saturated heterocycles. The topological polar surface area (TPSA) is 44.8 Å². The van der Waals surface area contributed by atoms with Gasteiger partial charge in [0, 0.05) is 0 Å². The Morgan fingerprint density at radius 3 is 2.45 bits per heavy atom. The maximum absolute atomic E-state index is 12.2. The Morgan fingerprint density at radius 2 is 1.86 bits per heavy atom. The van der Waals surface area contributed by atoms with Crippen LogP contribution in [0.3, 0.4) is 0 Å². The lowest BCUT2D eigenvalue weighted by Gasteiger charge is -2.13. The van der Waals surface area contributed by atoms with Crippen LogP contribution >= 0.6 is 15.9 Å². The average molecular weight is 365 g/mol. The summed E-state index contributed by atoms with van der Waals surface area (Å²) < 4.78 is 16.8. The highest BCUT2D eigenvalue weighted by molar-refractivity contribution is 9.10. The molecular weight excluding hydrogens is 348 g/mol. The van der Waals surface area contributed by atoms with Gasteiger partial charge in [0.05, 0.1) is 23.8 Å². The van der Waals surface area contributed by atoms with Crippen molar-refractivity contribution in [1.82, 2.24) is 0 Å². The minimum Gasteiger partial charge on any atom is -0.493 e. The molecule has 0 atom stereocenters. The van der Waals surface area contributed by atoms with Crippen LogP contribution in [0.1, 0.15) is 22.8 Å². The Morgan fingerprint density at radius 1 is 1.18 bits per heavy atom. The monoisotopic (exact) mass is 364 g/mol. The maximum Gasteiger partial charge on any atom is 0.343 e. The molecule has 0 bridgehead atoms. The molecule has 0 aliphatic rings. The van der Waals surface area contributed by atoms with Gasteiger partial charge in [0.25, 0.3) is 0 Å². The van der Waals surface area contributed by atoms with Gasteiger partial charge in [-0.05, 0) is 54.0 Å². The highest BCUT2D eigenvalue weighted by Gasteiger charge is 2.16. The third-order valence-corrected chi connectivity index (χ3v) is 3.57. The number of carbonyl (C=O) groups is 1. The molecule has 0 spiro atoms. The molecule has 116 valence electrons. The number of carbonyl (C=O) groups excluding carboxylic acids is 1. The summed E-state index contributed by atoms with van der Waals surface area (Å²) in [4.78, 5) is 12.2. The number of aryl methyl sites for hydroxylation is 1. The van der Waals surface area contributed by atoms with Crippen LogP contribution in [0.15, 0.2) is 40.9 Å². The number of benzene rings is 2. The lowest BCUT2D eigenvalue weighted by molar-refractivity contribution is 0.0734. The third-order valence-electron chi connectivity index (χ3n) is 2.99. The first kappa shape index (κ1) is 16.4. The summed E-state index contributed by atoms with van der Waals surface area (Å²) in [6.07, 6.45) is 0. The summed E-state index contributed by atoms with van der Waals surface area (Å²) in [7, 11) is 1.53. The van der Waals surface area contributed by atoms with Gasteiger partial charge in [0.1, 0.15) is 5.75 Å². The molecule has 0 radical (unpaired) electrons. The van der Waals surface area contributed by atoms with E-state index in [2.05, 4.69) is 15.9 Å². The van der Waals surface area contributed by atoms with Crippen LogP contribution < -0.4 is 14.2 Å².